The summed E-state index contributed by atoms with van der Waals surface area (Å²) >= 11 is 0. The summed E-state index contributed by atoms with van der Waals surface area (Å²) in [4.78, 5) is 11.5. The quantitative estimate of drug-likeness (QED) is 0.0807. The van der Waals surface area contributed by atoms with Crippen molar-refractivity contribution in [2.75, 3.05) is 238 Å². The lowest BCUT2D eigenvalue weighted by Gasteiger charge is -2.19. The first-order chi connectivity index (χ1) is 30.5. The van der Waals surface area contributed by atoms with Crippen molar-refractivity contribution in [1.82, 2.24) is 5.32 Å². The third-order valence-corrected chi connectivity index (χ3v) is 7.10. The average molecular weight is 910 g/mol. The van der Waals surface area contributed by atoms with Crippen LogP contribution in [0, 0.1) is 0 Å². The van der Waals surface area contributed by atoms with Crippen LogP contribution in [0.4, 0.5) is 4.79 Å². The van der Waals surface area contributed by atoms with Gasteiger partial charge >= 0.3 is 6.09 Å². The Balaban J connectivity index is 3.09. The molecule has 0 bridgehead atoms. The number of ether oxygens (including phenoxy) is 18. The monoisotopic (exact) mass is 910 g/mol. The SMILES string of the molecule is CC(C)(C)OC(=O)NCCOCCOCCOCCOCCOCCOCCOCCOCCOCCOCCOCCOCCOCCOCCOCCOCCOCCO. The topological polar surface area (TPSA) is 215 Å². The van der Waals surface area contributed by atoms with E-state index in [1.807, 2.05) is 20.8 Å². The second-order valence-electron chi connectivity index (χ2n) is 13.6. The zero-order chi connectivity index (χ0) is 45.0. The van der Waals surface area contributed by atoms with E-state index in [1.54, 1.807) is 0 Å². The molecular formula is C41H83NO20. The number of carbonyl (C=O) groups is 1. The highest BCUT2D eigenvalue weighted by Gasteiger charge is 2.15. The molecule has 0 aromatic rings. The highest BCUT2D eigenvalue weighted by atomic mass is 16.6. The minimum Gasteiger partial charge on any atom is -0.444 e. The molecule has 0 fully saturated rings. The molecule has 62 heavy (non-hydrogen) atoms. The van der Waals surface area contributed by atoms with Crippen LogP contribution in [0.15, 0.2) is 0 Å². The second kappa shape index (κ2) is 52.2. The lowest BCUT2D eigenvalue weighted by atomic mass is 10.2. The number of carbonyl (C=O) groups excluding carboxylic acids is 1. The van der Waals surface area contributed by atoms with Crippen LogP contribution >= 0.6 is 0 Å². The molecule has 372 valence electrons. The Kier molecular flexibility index (Phi) is 51.0. The van der Waals surface area contributed by atoms with E-state index in [0.29, 0.717) is 231 Å². The van der Waals surface area contributed by atoms with E-state index in [2.05, 4.69) is 5.32 Å². The summed E-state index contributed by atoms with van der Waals surface area (Å²) in [5.41, 5.74) is -0.518. The zero-order valence-electron chi connectivity index (χ0n) is 38.2. The van der Waals surface area contributed by atoms with Crippen molar-refractivity contribution in [3.8, 4) is 0 Å². The minimum absolute atomic E-state index is 0.0190. The molecule has 0 atom stereocenters. The van der Waals surface area contributed by atoms with Gasteiger partial charge in [-0.2, -0.15) is 0 Å². The summed E-state index contributed by atoms with van der Waals surface area (Å²) in [5, 5.41) is 11.2. The van der Waals surface area contributed by atoms with Crippen LogP contribution in [-0.2, 0) is 85.3 Å². The molecule has 0 unspecified atom stereocenters. The van der Waals surface area contributed by atoms with Crippen molar-refractivity contribution in [3.05, 3.63) is 0 Å². The smallest absolute Gasteiger partial charge is 0.407 e. The van der Waals surface area contributed by atoms with Gasteiger partial charge in [-0.1, -0.05) is 0 Å². The van der Waals surface area contributed by atoms with E-state index in [4.69, 9.17) is 90.4 Å². The lowest BCUT2D eigenvalue weighted by molar-refractivity contribution is -0.0308. The minimum atomic E-state index is -0.518. The van der Waals surface area contributed by atoms with Crippen LogP contribution in [0.1, 0.15) is 20.8 Å². The standard InChI is InChI=1S/C41H83NO20/c1-41(2,3)62-40(44)42-4-6-45-8-10-47-12-14-49-16-18-51-20-22-53-24-26-55-28-30-57-32-34-59-36-38-61-39-37-60-35-33-58-31-29-56-27-25-54-23-21-52-19-17-50-15-13-48-11-9-46-7-5-43/h43H,4-39H2,1-3H3,(H,42,44). The van der Waals surface area contributed by atoms with Crippen molar-refractivity contribution in [2.24, 2.45) is 0 Å². The van der Waals surface area contributed by atoms with Crippen LogP contribution in [0.25, 0.3) is 0 Å². The molecule has 21 heteroatoms. The van der Waals surface area contributed by atoms with Gasteiger partial charge in [0, 0.05) is 6.54 Å². The van der Waals surface area contributed by atoms with Crippen molar-refractivity contribution in [2.45, 2.75) is 26.4 Å². The van der Waals surface area contributed by atoms with Gasteiger partial charge < -0.3 is 95.7 Å². The molecular weight excluding hydrogens is 826 g/mol. The molecule has 1 amide bonds. The number of alkyl carbamates (subject to hydrolysis) is 1. The second-order valence-corrected chi connectivity index (χ2v) is 13.6. The molecule has 0 heterocycles. The summed E-state index contributed by atoms with van der Waals surface area (Å²) in [6, 6.07) is 0. The predicted molar refractivity (Wildman–Crippen MR) is 225 cm³/mol. The summed E-state index contributed by atoms with van der Waals surface area (Å²) in [6.07, 6.45) is -0.457. The molecule has 2 N–H and O–H groups in total. The van der Waals surface area contributed by atoms with Gasteiger partial charge in [0.2, 0.25) is 0 Å². The average Bonchev–Trinajstić information content (AvgIpc) is 3.24. The van der Waals surface area contributed by atoms with E-state index in [0.717, 1.165) is 0 Å². The Hall–Kier alpha value is -1.45. The largest absolute Gasteiger partial charge is 0.444 e. The fourth-order valence-electron chi connectivity index (χ4n) is 4.22. The van der Waals surface area contributed by atoms with Crippen LogP contribution < -0.4 is 5.32 Å². The van der Waals surface area contributed by atoms with Crippen molar-refractivity contribution in [1.29, 1.82) is 0 Å². The third-order valence-electron chi connectivity index (χ3n) is 7.10. The molecule has 0 saturated carbocycles. The summed E-state index contributed by atoms with van der Waals surface area (Å²) < 4.78 is 97.6. The first-order valence-electron chi connectivity index (χ1n) is 21.8. The maximum Gasteiger partial charge on any atom is 0.407 e. The highest BCUT2D eigenvalue weighted by molar-refractivity contribution is 5.67. The number of aliphatic hydroxyl groups excluding tert-OH is 1. The van der Waals surface area contributed by atoms with E-state index in [1.165, 1.54) is 0 Å². The molecule has 21 nitrogen and oxygen atoms in total. The fourth-order valence-corrected chi connectivity index (χ4v) is 4.22. The van der Waals surface area contributed by atoms with E-state index < -0.39 is 11.7 Å². The Labute approximate surface area is 370 Å². The lowest BCUT2D eigenvalue weighted by Crippen LogP contribution is -2.34. The summed E-state index contributed by atoms with van der Waals surface area (Å²) in [7, 11) is 0. The predicted octanol–water partition coefficient (Wildman–Crippen LogP) is 0.786. The number of amides is 1. The summed E-state index contributed by atoms with van der Waals surface area (Å²) in [5.74, 6) is 0. The Morgan fingerprint density at radius 2 is 0.468 bits per heavy atom. The maximum absolute atomic E-state index is 11.5. The molecule has 0 aromatic heterocycles. The van der Waals surface area contributed by atoms with E-state index in [-0.39, 0.29) is 6.61 Å². The zero-order valence-corrected chi connectivity index (χ0v) is 38.2. The van der Waals surface area contributed by atoms with Gasteiger partial charge in [-0.15, -0.1) is 0 Å². The van der Waals surface area contributed by atoms with Gasteiger partial charge in [0.25, 0.3) is 0 Å². The number of rotatable bonds is 53. The number of nitrogens with one attached hydrogen (secondary N) is 1. The number of hydrogen-bond donors (Lipinski definition) is 2. The van der Waals surface area contributed by atoms with E-state index in [9.17, 15) is 4.79 Å². The van der Waals surface area contributed by atoms with Crippen molar-refractivity contribution in [3.63, 3.8) is 0 Å². The fraction of sp³-hybridized carbons (Fsp3) is 0.976. The molecule has 0 aliphatic rings. The Morgan fingerprint density at radius 1 is 0.306 bits per heavy atom. The van der Waals surface area contributed by atoms with Gasteiger partial charge in [-0.05, 0) is 20.8 Å². The molecule has 0 aliphatic heterocycles. The molecule has 0 saturated heterocycles. The van der Waals surface area contributed by atoms with Gasteiger partial charge in [0.1, 0.15) is 5.60 Å². The highest BCUT2D eigenvalue weighted by Crippen LogP contribution is 2.06. The van der Waals surface area contributed by atoms with Crippen molar-refractivity contribution < 1.29 is 95.2 Å². The van der Waals surface area contributed by atoms with Gasteiger partial charge in [-0.25, -0.2) is 4.79 Å². The number of hydrogen-bond acceptors (Lipinski definition) is 20. The molecule has 0 spiro atoms. The van der Waals surface area contributed by atoms with Gasteiger partial charge in [0.05, 0.1) is 231 Å². The van der Waals surface area contributed by atoms with Gasteiger partial charge in [0.15, 0.2) is 0 Å². The van der Waals surface area contributed by atoms with E-state index >= 15 is 0 Å². The number of aliphatic hydroxyl groups is 1. The Morgan fingerprint density at radius 3 is 0.629 bits per heavy atom. The van der Waals surface area contributed by atoms with Crippen LogP contribution in [0.5, 0.6) is 0 Å². The Bertz CT molecular complexity index is 862. The van der Waals surface area contributed by atoms with Gasteiger partial charge in [-0.3, -0.25) is 0 Å². The molecule has 0 rings (SSSR count). The first kappa shape index (κ1) is 60.5. The summed E-state index contributed by atoms with van der Waals surface area (Å²) in [6.45, 7) is 22.0. The van der Waals surface area contributed by atoms with Crippen molar-refractivity contribution >= 4 is 6.09 Å². The van der Waals surface area contributed by atoms with Crippen LogP contribution in [0.3, 0.4) is 0 Å². The first-order valence-corrected chi connectivity index (χ1v) is 21.8. The van der Waals surface area contributed by atoms with Crippen LogP contribution in [0.2, 0.25) is 0 Å². The molecule has 0 radical (unpaired) electrons. The molecule has 0 aromatic carbocycles. The van der Waals surface area contributed by atoms with Crippen LogP contribution in [-0.4, -0.2) is 255 Å². The molecule has 0 aliphatic carbocycles. The maximum atomic E-state index is 11.5. The normalized spacial score (nSPS) is 11.8. The third kappa shape index (κ3) is 56.6.